The maximum absolute atomic E-state index is 11.9. The third-order valence-corrected chi connectivity index (χ3v) is 3.80. The summed E-state index contributed by atoms with van der Waals surface area (Å²) in [4.78, 5) is 44.9. The Labute approximate surface area is 273 Å². The molecule has 202 valence electrons. The van der Waals surface area contributed by atoms with Gasteiger partial charge in [-0.2, -0.15) is 0 Å². The van der Waals surface area contributed by atoms with E-state index in [1.165, 1.54) is 0 Å². The fourth-order valence-corrected chi connectivity index (χ4v) is 2.30. The SMILES string of the molecule is C#CC#CC#CC#CC#CC#CC(=O)OC[C@@H](COP(=O)([O-])[O-])OC(=O)CCCCCCC.N.[HH].[HH].[HH].[HH].[HH].[HH].[HH].[HH].[HH].[HH].[HH].[Na+].[Na+]. The number of terminal acetylenes is 1. The van der Waals surface area contributed by atoms with E-state index in [1.807, 2.05) is 5.92 Å². The van der Waals surface area contributed by atoms with Gasteiger partial charge in [0.25, 0.3) is 0 Å². The van der Waals surface area contributed by atoms with Crippen molar-refractivity contribution in [2.75, 3.05) is 13.2 Å². The van der Waals surface area contributed by atoms with E-state index in [2.05, 4.69) is 70.7 Å². The van der Waals surface area contributed by atoms with Gasteiger partial charge in [-0.3, -0.25) is 4.79 Å². The van der Waals surface area contributed by atoms with Crippen LogP contribution in [0.1, 0.15) is 61.1 Å². The Balaban J connectivity index is -0.0000000563. The van der Waals surface area contributed by atoms with E-state index in [0.29, 0.717) is 6.42 Å². The first kappa shape index (κ1) is 41.5. The molecule has 36 heavy (non-hydrogen) atoms. The van der Waals surface area contributed by atoms with Crippen LogP contribution in [0.2, 0.25) is 0 Å². The molecule has 9 nitrogen and oxygen atoms in total. The Morgan fingerprint density at radius 3 is 1.94 bits per heavy atom. The van der Waals surface area contributed by atoms with Crippen LogP contribution in [0.4, 0.5) is 0 Å². The minimum absolute atomic E-state index is 0. The normalized spacial score (nSPS) is 8.94. The van der Waals surface area contributed by atoms with E-state index < -0.39 is 39.1 Å². The van der Waals surface area contributed by atoms with Crippen LogP contribution in [0.3, 0.4) is 0 Å². The zero-order valence-corrected chi connectivity index (χ0v) is 25.6. The van der Waals surface area contributed by atoms with Crippen molar-refractivity contribution in [3.8, 4) is 71.5 Å². The van der Waals surface area contributed by atoms with Crippen LogP contribution in [0.15, 0.2) is 0 Å². The van der Waals surface area contributed by atoms with Crippen LogP contribution in [0, 0.1) is 71.5 Å². The van der Waals surface area contributed by atoms with Gasteiger partial charge in [0.05, 0.1) is 14.4 Å². The smallest absolute Gasteiger partial charge is 0.790 e. The third-order valence-electron chi connectivity index (χ3n) is 3.34. The van der Waals surface area contributed by atoms with Gasteiger partial charge in [-0.15, -0.1) is 6.42 Å². The average Bonchev–Trinajstić information content (AvgIpc) is 2.76. The van der Waals surface area contributed by atoms with E-state index in [9.17, 15) is 23.9 Å². The van der Waals surface area contributed by atoms with Gasteiger partial charge in [-0.25, -0.2) is 4.79 Å². The van der Waals surface area contributed by atoms with E-state index in [0.717, 1.165) is 25.7 Å². The van der Waals surface area contributed by atoms with Crippen molar-refractivity contribution in [3.63, 3.8) is 0 Å². The van der Waals surface area contributed by atoms with Crippen molar-refractivity contribution < 1.29 is 113 Å². The number of carbonyl (C=O) groups excluding carboxylic acids is 2. The van der Waals surface area contributed by atoms with Crippen LogP contribution >= 0.6 is 7.82 Å². The molecule has 0 aliphatic heterocycles. The first-order valence-corrected chi connectivity index (χ1v) is 11.2. The molecule has 3 N–H and O–H groups in total. The second kappa shape index (κ2) is 27.9. The Morgan fingerprint density at radius 1 is 0.889 bits per heavy atom. The summed E-state index contributed by atoms with van der Waals surface area (Å²) >= 11 is 0. The molecule has 0 saturated carbocycles. The Bertz CT molecular complexity index is 1110. The van der Waals surface area contributed by atoms with Crippen molar-refractivity contribution in [2.24, 2.45) is 0 Å². The molecule has 0 spiro atoms. The Kier molecular flexibility index (Phi) is 32.2. The molecule has 1 atom stereocenters. The molecule has 0 amide bonds. The number of phosphoric ester groups is 1. The largest absolute Gasteiger partial charge is 1.00 e. The summed E-state index contributed by atoms with van der Waals surface area (Å²) < 4.78 is 24.6. The van der Waals surface area contributed by atoms with Crippen molar-refractivity contribution in [3.05, 3.63) is 0 Å². The molecule has 0 fully saturated rings. The van der Waals surface area contributed by atoms with E-state index in [-0.39, 0.29) is 87.4 Å². The van der Waals surface area contributed by atoms with Crippen LogP contribution < -0.4 is 75.1 Å². The third kappa shape index (κ3) is 30.4. The second-order valence-corrected chi connectivity index (χ2v) is 7.16. The number of carbonyl (C=O) groups is 2. The zero-order chi connectivity index (χ0) is 24.8. The first-order chi connectivity index (χ1) is 15.8. The van der Waals surface area contributed by atoms with Gasteiger partial charge in [0.15, 0.2) is 6.10 Å². The summed E-state index contributed by atoms with van der Waals surface area (Å²) in [5, 5.41) is 0. The monoisotopic (exact) mass is 553 g/mol. The number of rotatable bonds is 12. The molecule has 0 radical (unpaired) electrons. The second-order valence-electron chi connectivity index (χ2n) is 6.01. The number of hydrogen-bond acceptors (Lipinski definition) is 9. The summed E-state index contributed by atoms with van der Waals surface area (Å²) in [6.45, 7) is 0.720. The molecule has 0 rings (SSSR count). The molecular weight excluding hydrogens is 507 g/mol. The van der Waals surface area contributed by atoms with E-state index in [1.54, 1.807) is 0 Å². The molecule has 0 saturated heterocycles. The Morgan fingerprint density at radius 2 is 1.42 bits per heavy atom. The molecule has 0 aromatic carbocycles. The predicted molar refractivity (Wildman–Crippen MR) is 144 cm³/mol. The van der Waals surface area contributed by atoms with Gasteiger partial charge in [0.2, 0.25) is 0 Å². The van der Waals surface area contributed by atoms with Crippen LogP contribution in [0.25, 0.3) is 0 Å². The Hall–Kier alpha value is -1.63. The van der Waals surface area contributed by atoms with Gasteiger partial charge in [-0.05, 0) is 65.6 Å². The number of esters is 2. The molecule has 0 unspecified atom stereocenters. The minimum atomic E-state index is -5.30. The minimum Gasteiger partial charge on any atom is -0.790 e. The molecule has 12 heteroatoms. The first-order valence-electron chi connectivity index (χ1n) is 9.78. The average molecular weight is 554 g/mol. The van der Waals surface area contributed by atoms with Crippen molar-refractivity contribution >= 4 is 19.8 Å². The fourth-order valence-electron chi connectivity index (χ4n) is 1.95. The van der Waals surface area contributed by atoms with Crippen LogP contribution in [0.5, 0.6) is 0 Å². The van der Waals surface area contributed by atoms with Crippen molar-refractivity contribution in [1.29, 1.82) is 0 Å². The van der Waals surface area contributed by atoms with Crippen LogP contribution in [-0.4, -0.2) is 31.3 Å². The van der Waals surface area contributed by atoms with Gasteiger partial charge >= 0.3 is 71.1 Å². The van der Waals surface area contributed by atoms with Gasteiger partial charge < -0.3 is 34.5 Å². The molecule has 0 aliphatic carbocycles. The van der Waals surface area contributed by atoms with Gasteiger partial charge in [-0.1, -0.05) is 32.6 Å². The molecule has 0 bridgehead atoms. The summed E-state index contributed by atoms with van der Waals surface area (Å²) in [7, 11) is -5.30. The van der Waals surface area contributed by atoms with Gasteiger partial charge in [0, 0.05) is 28.0 Å². The molecule has 0 heterocycles. The van der Waals surface area contributed by atoms with Gasteiger partial charge in [0.1, 0.15) is 6.61 Å². The van der Waals surface area contributed by atoms with Crippen molar-refractivity contribution in [2.45, 2.75) is 51.6 Å². The number of unbranched alkanes of at least 4 members (excludes halogenated alkanes) is 4. The summed E-state index contributed by atoms with van der Waals surface area (Å²) in [5.74, 6) is 23.3. The van der Waals surface area contributed by atoms with E-state index >= 15 is 0 Å². The molecule has 0 aromatic rings. The summed E-state index contributed by atoms with van der Waals surface area (Å²) in [6, 6.07) is 0. The quantitative estimate of drug-likeness (QED) is 0.0671. The molecular formula is C24H46NNa2O8P. The number of phosphoric acid groups is 1. The summed E-state index contributed by atoms with van der Waals surface area (Å²) in [6.07, 6.45) is 8.22. The predicted octanol–water partition coefficient (Wildman–Crippen LogP) is -2.83. The number of ether oxygens (including phenoxy) is 2. The standard InChI is InChI=1S/C24H23O8P.H3N.2Na.11H2/c1-3-5-7-9-10-11-12-13-15-16-18-23(25)30-20-22(21-31-33(27,28)29)32-24(26)19-17-14-8-6-4-2;;;;;;;;;;;;;;/h1,22H,4,6,8,14,17,19-21H2,2H3,(H2,27,28,29);1H3;;;11*1H/q;;2*+1;;;;;;;;;;;/p-2/t22-;;;;;;;;;;;;;;/m0............../s1. The van der Waals surface area contributed by atoms with Crippen LogP contribution in [-0.2, 0) is 28.2 Å². The van der Waals surface area contributed by atoms with E-state index in [4.69, 9.17) is 15.9 Å². The number of hydrogen-bond donors (Lipinski definition) is 1. The molecule has 0 aromatic heterocycles. The summed E-state index contributed by atoms with van der Waals surface area (Å²) in [5.41, 5.74) is 0. The van der Waals surface area contributed by atoms with Crippen molar-refractivity contribution in [1.82, 2.24) is 6.15 Å². The fraction of sp³-hybridized carbons (Fsp3) is 0.417. The topological polar surface area (TPSA) is 160 Å². The zero-order valence-electron chi connectivity index (χ0n) is 20.7. The molecule has 0 aliphatic rings. The maximum atomic E-state index is 11.9. The maximum Gasteiger partial charge on any atom is 1.00 e.